The zero-order chi connectivity index (χ0) is 2.00. The van der Waals surface area contributed by atoms with Gasteiger partial charge in [-0.2, -0.15) is 0 Å². The molecule has 0 atom stereocenters. The van der Waals surface area contributed by atoms with Crippen LogP contribution in [0.5, 0.6) is 0 Å². The lowest BCUT2D eigenvalue weighted by atomic mass is 11.0. The molecule has 0 bridgehead atoms. The van der Waals surface area contributed by atoms with Gasteiger partial charge in [0.05, 0.1) is 0 Å². The van der Waals surface area contributed by atoms with Crippen molar-refractivity contribution in [2.75, 3.05) is 0 Å². The first-order valence-electron chi connectivity index (χ1n) is 1.00. The Morgan fingerprint density at radius 1 is 0.600 bits per heavy atom. The summed E-state index contributed by atoms with van der Waals surface area (Å²) in [6, 6.07) is 0. The zero-order valence-electron chi connectivity index (χ0n) is 3.22. The highest BCUT2D eigenvalue weighted by molar-refractivity contribution is 8.93. The molecule has 0 unspecified atom stereocenters. The van der Waals surface area contributed by atoms with Gasteiger partial charge < -0.3 is 0 Å². The minimum Gasteiger partial charge on any atom is -0.114 e. The van der Waals surface area contributed by atoms with Crippen molar-refractivity contribution in [3.63, 3.8) is 0 Å². The molecule has 0 aliphatic heterocycles. The SMILES string of the molecule is Br.Br.Br.CC. The van der Waals surface area contributed by atoms with E-state index in [1.54, 1.807) is 0 Å². The van der Waals surface area contributed by atoms with Crippen molar-refractivity contribution in [2.45, 2.75) is 13.8 Å². The molecule has 3 heteroatoms. The second-order valence-corrected chi connectivity index (χ2v) is 0. The third kappa shape index (κ3) is 31.0. The average Bonchev–Trinajstić information content (AvgIpc) is 1.00. The molecule has 0 fully saturated rings. The molecular formula is C2H9Br3. The van der Waals surface area contributed by atoms with Crippen LogP contribution in [-0.4, -0.2) is 0 Å². The van der Waals surface area contributed by atoms with E-state index in [-0.39, 0.29) is 50.9 Å². The van der Waals surface area contributed by atoms with Crippen LogP contribution in [0, 0.1) is 0 Å². The van der Waals surface area contributed by atoms with Crippen molar-refractivity contribution in [1.82, 2.24) is 0 Å². The lowest BCUT2D eigenvalue weighted by molar-refractivity contribution is 1.50. The molecule has 0 rings (SSSR count). The fourth-order valence-electron chi connectivity index (χ4n) is 0. The second-order valence-electron chi connectivity index (χ2n) is 0. The summed E-state index contributed by atoms with van der Waals surface area (Å²) in [5, 5.41) is 0. The molecule has 0 spiro atoms. The van der Waals surface area contributed by atoms with Gasteiger partial charge in [-0.1, -0.05) is 13.8 Å². The van der Waals surface area contributed by atoms with Crippen LogP contribution in [0.3, 0.4) is 0 Å². The standard InChI is InChI=1S/C2H6.3BrH/c1-2;;;/h1-2H3;3*1H. The number of hydrogen-bond donors (Lipinski definition) is 0. The number of halogens is 3. The van der Waals surface area contributed by atoms with Crippen molar-refractivity contribution < 1.29 is 0 Å². The molecule has 0 N–H and O–H groups in total. The summed E-state index contributed by atoms with van der Waals surface area (Å²) in [7, 11) is 0. The van der Waals surface area contributed by atoms with Gasteiger partial charge in [-0.05, 0) is 0 Å². The van der Waals surface area contributed by atoms with Crippen molar-refractivity contribution >= 4 is 50.9 Å². The molecule has 38 valence electrons. The van der Waals surface area contributed by atoms with Gasteiger partial charge in [0.2, 0.25) is 0 Å². The van der Waals surface area contributed by atoms with Gasteiger partial charge in [-0.25, -0.2) is 0 Å². The summed E-state index contributed by atoms with van der Waals surface area (Å²) in [4.78, 5) is 0. The maximum absolute atomic E-state index is 2.00. The first-order chi connectivity index (χ1) is 1.00. The molecule has 0 radical (unpaired) electrons. The van der Waals surface area contributed by atoms with Gasteiger partial charge in [0.15, 0.2) is 0 Å². The summed E-state index contributed by atoms with van der Waals surface area (Å²) in [6.07, 6.45) is 0. The third-order valence-corrected chi connectivity index (χ3v) is 0. The van der Waals surface area contributed by atoms with Crippen molar-refractivity contribution in [3.8, 4) is 0 Å². The van der Waals surface area contributed by atoms with Crippen LogP contribution in [-0.2, 0) is 0 Å². The fourth-order valence-corrected chi connectivity index (χ4v) is 0. The summed E-state index contributed by atoms with van der Waals surface area (Å²) >= 11 is 0. The normalized spacial score (nSPS) is 1.20. The predicted octanol–water partition coefficient (Wildman–Crippen LogP) is 2.76. The molecule has 0 saturated carbocycles. The van der Waals surface area contributed by atoms with E-state index in [0.717, 1.165) is 0 Å². The van der Waals surface area contributed by atoms with Crippen LogP contribution in [0.1, 0.15) is 13.8 Å². The van der Waals surface area contributed by atoms with E-state index in [2.05, 4.69) is 0 Å². The van der Waals surface area contributed by atoms with E-state index in [1.165, 1.54) is 0 Å². The first-order valence-corrected chi connectivity index (χ1v) is 1.00. The van der Waals surface area contributed by atoms with E-state index in [0.29, 0.717) is 0 Å². The lowest BCUT2D eigenvalue weighted by Crippen LogP contribution is -0.856. The molecule has 0 aromatic rings. The Kier molecular flexibility index (Phi) is 331. The average molecular weight is 273 g/mol. The van der Waals surface area contributed by atoms with Gasteiger partial charge in [0, 0.05) is 0 Å². The molecule has 0 nitrogen and oxygen atoms in total. The molecular weight excluding hydrogens is 264 g/mol. The molecule has 0 saturated heterocycles. The molecule has 0 aromatic carbocycles. The topological polar surface area (TPSA) is 0 Å². The second kappa shape index (κ2) is 51.7. The van der Waals surface area contributed by atoms with E-state index in [1.807, 2.05) is 13.8 Å². The smallest absolute Gasteiger partial charge is 0.0683 e. The van der Waals surface area contributed by atoms with E-state index in [9.17, 15) is 0 Å². The van der Waals surface area contributed by atoms with Crippen molar-refractivity contribution in [2.24, 2.45) is 0 Å². The highest BCUT2D eigenvalue weighted by Crippen LogP contribution is 1.14. The quantitative estimate of drug-likeness (QED) is 0.636. The van der Waals surface area contributed by atoms with Crippen LogP contribution in [0.4, 0.5) is 0 Å². The zero-order valence-corrected chi connectivity index (χ0v) is 8.36. The van der Waals surface area contributed by atoms with E-state index in [4.69, 9.17) is 0 Å². The highest BCUT2D eigenvalue weighted by atomic mass is 79.9. The van der Waals surface area contributed by atoms with Crippen LogP contribution >= 0.6 is 50.9 Å². The van der Waals surface area contributed by atoms with Crippen LogP contribution in [0.2, 0.25) is 0 Å². The Bertz CT molecular complexity index is 4.85. The largest absolute Gasteiger partial charge is 0.114 e. The van der Waals surface area contributed by atoms with Gasteiger partial charge in [-0.15, -0.1) is 50.9 Å². The van der Waals surface area contributed by atoms with Crippen molar-refractivity contribution in [3.05, 3.63) is 0 Å². The first kappa shape index (κ1) is 32.0. The highest BCUT2D eigenvalue weighted by Gasteiger charge is 0.932. The van der Waals surface area contributed by atoms with E-state index >= 15 is 0 Å². The Morgan fingerprint density at radius 3 is 0.600 bits per heavy atom. The van der Waals surface area contributed by atoms with Gasteiger partial charge in [0.1, 0.15) is 0 Å². The molecule has 0 aliphatic rings. The van der Waals surface area contributed by atoms with Crippen LogP contribution in [0.25, 0.3) is 0 Å². The fraction of sp³-hybridized carbons (Fsp3) is 1.00. The maximum atomic E-state index is 2.00. The Labute approximate surface area is 64.6 Å². The minimum absolute atomic E-state index is 0. The molecule has 0 amide bonds. The van der Waals surface area contributed by atoms with Gasteiger partial charge in [0.25, 0.3) is 0 Å². The van der Waals surface area contributed by atoms with Gasteiger partial charge >= 0.3 is 0 Å². The summed E-state index contributed by atoms with van der Waals surface area (Å²) in [5.41, 5.74) is 0. The monoisotopic (exact) mass is 270 g/mol. The Hall–Kier alpha value is 1.44. The van der Waals surface area contributed by atoms with Crippen LogP contribution in [0.15, 0.2) is 0 Å². The van der Waals surface area contributed by atoms with E-state index < -0.39 is 0 Å². The van der Waals surface area contributed by atoms with Crippen molar-refractivity contribution in [1.29, 1.82) is 0 Å². The molecule has 0 heterocycles. The molecule has 0 aromatic heterocycles. The summed E-state index contributed by atoms with van der Waals surface area (Å²) < 4.78 is 0. The molecule has 0 aliphatic carbocycles. The predicted molar refractivity (Wildman–Crippen MR) is 42.3 cm³/mol. The summed E-state index contributed by atoms with van der Waals surface area (Å²) in [5.74, 6) is 0. The Morgan fingerprint density at radius 2 is 0.600 bits per heavy atom. The Balaban J connectivity index is -0.00000000167. The minimum atomic E-state index is 0. The lowest BCUT2D eigenvalue weighted by Gasteiger charge is -1.07. The number of rotatable bonds is 0. The maximum Gasteiger partial charge on any atom is -0.0683 e. The third-order valence-electron chi connectivity index (χ3n) is 0. The summed E-state index contributed by atoms with van der Waals surface area (Å²) in [6.45, 7) is 4.00. The number of hydrogen-bond acceptors (Lipinski definition) is 0. The van der Waals surface area contributed by atoms with Gasteiger partial charge in [-0.3, -0.25) is 0 Å². The van der Waals surface area contributed by atoms with Crippen LogP contribution < -0.4 is 0 Å². The molecule has 5 heavy (non-hydrogen) atoms.